The van der Waals surface area contributed by atoms with E-state index < -0.39 is 0 Å². The number of aromatic nitrogens is 2. The van der Waals surface area contributed by atoms with Gasteiger partial charge in [0.05, 0.1) is 16.4 Å². The second kappa shape index (κ2) is 7.86. The molecule has 1 unspecified atom stereocenters. The van der Waals surface area contributed by atoms with Crippen molar-refractivity contribution in [2.24, 2.45) is 0 Å². The summed E-state index contributed by atoms with van der Waals surface area (Å²) in [5, 5.41) is 2.49. The fraction of sp³-hybridized carbons (Fsp3) is 0.350. The third kappa shape index (κ3) is 3.80. The van der Waals surface area contributed by atoms with E-state index in [0.29, 0.717) is 17.0 Å². The van der Waals surface area contributed by atoms with Crippen LogP contribution in [-0.4, -0.2) is 39.1 Å². The number of hydrogen-bond acceptors (Lipinski definition) is 5. The number of thiophene rings is 1. The molecule has 1 atom stereocenters. The van der Waals surface area contributed by atoms with Crippen LogP contribution in [0.5, 0.6) is 0 Å². The molecule has 140 valence electrons. The molecule has 1 saturated heterocycles. The molecular weight excluding hydrogens is 378 g/mol. The molecule has 1 fully saturated rings. The summed E-state index contributed by atoms with van der Waals surface area (Å²) in [5.41, 5.74) is 1.82. The Morgan fingerprint density at radius 3 is 2.78 bits per heavy atom. The Morgan fingerprint density at radius 2 is 2.04 bits per heavy atom. The smallest absolute Gasteiger partial charge is 0.260 e. The molecule has 0 saturated carbocycles. The van der Waals surface area contributed by atoms with Crippen LogP contribution in [0.2, 0.25) is 0 Å². The lowest BCUT2D eigenvalue weighted by atomic mass is 10.1. The predicted molar refractivity (Wildman–Crippen MR) is 112 cm³/mol. The summed E-state index contributed by atoms with van der Waals surface area (Å²) >= 11 is 3.01. The molecule has 5 nitrogen and oxygen atoms in total. The zero-order valence-corrected chi connectivity index (χ0v) is 16.7. The number of aromatic amines is 1. The van der Waals surface area contributed by atoms with E-state index in [2.05, 4.69) is 9.97 Å². The average Bonchev–Trinajstić information content (AvgIpc) is 3.36. The number of likely N-dealkylation sites (tertiary alicyclic amines) is 1. The van der Waals surface area contributed by atoms with Crippen LogP contribution in [0.1, 0.15) is 25.6 Å². The van der Waals surface area contributed by atoms with E-state index in [1.165, 1.54) is 23.1 Å². The highest BCUT2D eigenvalue weighted by molar-refractivity contribution is 7.99. The van der Waals surface area contributed by atoms with Gasteiger partial charge in [0.15, 0.2) is 0 Å². The van der Waals surface area contributed by atoms with Gasteiger partial charge in [-0.3, -0.25) is 9.59 Å². The predicted octanol–water partition coefficient (Wildman–Crippen LogP) is 3.90. The topological polar surface area (TPSA) is 66.1 Å². The third-order valence-corrected chi connectivity index (χ3v) is 6.83. The van der Waals surface area contributed by atoms with Gasteiger partial charge in [-0.25, -0.2) is 4.98 Å². The zero-order chi connectivity index (χ0) is 18.8. The second-order valence-electron chi connectivity index (χ2n) is 6.69. The van der Waals surface area contributed by atoms with Gasteiger partial charge in [-0.05, 0) is 25.3 Å². The van der Waals surface area contributed by atoms with Crippen molar-refractivity contribution >= 4 is 39.2 Å². The van der Waals surface area contributed by atoms with E-state index in [9.17, 15) is 9.59 Å². The molecule has 0 bridgehead atoms. The Morgan fingerprint density at radius 1 is 1.30 bits per heavy atom. The average molecular weight is 400 g/mol. The van der Waals surface area contributed by atoms with Crippen molar-refractivity contribution < 1.29 is 4.79 Å². The minimum absolute atomic E-state index is 0.116. The molecule has 0 aliphatic carbocycles. The second-order valence-corrected chi connectivity index (χ2v) is 8.88. The maximum atomic E-state index is 12.7. The monoisotopic (exact) mass is 399 g/mol. The molecule has 1 aliphatic heterocycles. The standard InChI is InChI=1S/C20H21N3O2S2/c1-13(20(25)23-9-5-6-10-23)26-12-16-21-18(24)17-15(11-27-19(17)22-16)14-7-3-2-4-8-14/h2-4,7-8,11,13H,5-6,9-10,12H2,1H3,(H,21,22,24). The zero-order valence-electron chi connectivity index (χ0n) is 15.1. The molecule has 3 aromatic rings. The number of fused-ring (bicyclic) bond motifs is 1. The van der Waals surface area contributed by atoms with Gasteiger partial charge in [-0.1, -0.05) is 30.3 Å². The van der Waals surface area contributed by atoms with Gasteiger partial charge in [0.1, 0.15) is 10.7 Å². The summed E-state index contributed by atoms with van der Waals surface area (Å²) in [5.74, 6) is 1.33. The molecule has 1 aromatic carbocycles. The molecule has 0 radical (unpaired) electrons. The highest BCUT2D eigenvalue weighted by atomic mass is 32.2. The summed E-state index contributed by atoms with van der Waals surface area (Å²) in [4.78, 5) is 35.3. The number of hydrogen-bond donors (Lipinski definition) is 1. The van der Waals surface area contributed by atoms with E-state index in [1.807, 2.05) is 47.5 Å². The Bertz CT molecular complexity index is 1010. The minimum atomic E-state index is -0.132. The number of rotatable bonds is 5. The Hall–Kier alpha value is -2.12. The van der Waals surface area contributed by atoms with Crippen molar-refractivity contribution in [2.75, 3.05) is 13.1 Å². The van der Waals surface area contributed by atoms with Gasteiger partial charge in [-0.15, -0.1) is 23.1 Å². The van der Waals surface area contributed by atoms with Crippen LogP contribution in [0.15, 0.2) is 40.5 Å². The number of thioether (sulfide) groups is 1. The summed E-state index contributed by atoms with van der Waals surface area (Å²) in [6.45, 7) is 3.66. The lowest BCUT2D eigenvalue weighted by Gasteiger charge is -2.19. The Labute approximate surface area is 165 Å². The quantitative estimate of drug-likeness (QED) is 0.707. The lowest BCUT2D eigenvalue weighted by Crippen LogP contribution is -2.34. The fourth-order valence-electron chi connectivity index (χ4n) is 3.36. The number of nitrogens with one attached hydrogen (secondary N) is 1. The van der Waals surface area contributed by atoms with E-state index in [4.69, 9.17) is 0 Å². The molecule has 27 heavy (non-hydrogen) atoms. The number of benzene rings is 1. The summed E-state index contributed by atoms with van der Waals surface area (Å²) in [7, 11) is 0. The van der Waals surface area contributed by atoms with Crippen molar-refractivity contribution in [3.05, 3.63) is 51.9 Å². The Kier molecular flexibility index (Phi) is 5.31. The van der Waals surface area contributed by atoms with Gasteiger partial charge in [0.2, 0.25) is 5.91 Å². The first-order valence-electron chi connectivity index (χ1n) is 9.09. The van der Waals surface area contributed by atoms with Crippen molar-refractivity contribution in [3.8, 4) is 11.1 Å². The van der Waals surface area contributed by atoms with Crippen molar-refractivity contribution in [3.63, 3.8) is 0 Å². The first-order chi connectivity index (χ1) is 13.1. The van der Waals surface area contributed by atoms with E-state index in [1.54, 1.807) is 0 Å². The fourth-order valence-corrected chi connectivity index (χ4v) is 5.16. The SMILES string of the molecule is CC(SCc1nc2scc(-c3ccccc3)c2c(=O)[nH]1)C(=O)N1CCCC1. The summed E-state index contributed by atoms with van der Waals surface area (Å²) in [6, 6.07) is 9.88. The molecule has 7 heteroatoms. The van der Waals surface area contributed by atoms with Crippen LogP contribution in [0.4, 0.5) is 0 Å². The normalized spacial score (nSPS) is 15.4. The van der Waals surface area contributed by atoms with Gasteiger partial charge in [-0.2, -0.15) is 0 Å². The van der Waals surface area contributed by atoms with Gasteiger partial charge < -0.3 is 9.88 Å². The van der Waals surface area contributed by atoms with Crippen LogP contribution >= 0.6 is 23.1 Å². The molecule has 0 spiro atoms. The summed E-state index contributed by atoms with van der Waals surface area (Å²) < 4.78 is 0. The van der Waals surface area contributed by atoms with Crippen LogP contribution in [-0.2, 0) is 10.5 Å². The number of amides is 1. The summed E-state index contributed by atoms with van der Waals surface area (Å²) in [6.07, 6.45) is 2.19. The van der Waals surface area contributed by atoms with E-state index in [-0.39, 0.29) is 16.7 Å². The maximum Gasteiger partial charge on any atom is 0.260 e. The van der Waals surface area contributed by atoms with Gasteiger partial charge in [0.25, 0.3) is 5.56 Å². The number of carbonyl (C=O) groups is 1. The largest absolute Gasteiger partial charge is 0.342 e. The van der Waals surface area contributed by atoms with E-state index in [0.717, 1.165) is 41.9 Å². The molecule has 1 amide bonds. The van der Waals surface area contributed by atoms with E-state index >= 15 is 0 Å². The molecule has 4 rings (SSSR count). The number of nitrogens with zero attached hydrogens (tertiary/aromatic N) is 2. The van der Waals surface area contributed by atoms with Crippen LogP contribution < -0.4 is 5.56 Å². The third-order valence-electron chi connectivity index (χ3n) is 4.81. The molecule has 2 aromatic heterocycles. The Balaban J connectivity index is 1.52. The molecule has 1 aliphatic rings. The minimum Gasteiger partial charge on any atom is -0.342 e. The van der Waals surface area contributed by atoms with Gasteiger partial charge in [0, 0.05) is 24.0 Å². The lowest BCUT2D eigenvalue weighted by molar-refractivity contribution is -0.129. The number of H-pyrrole nitrogens is 1. The van der Waals surface area contributed by atoms with Crippen LogP contribution in [0.3, 0.4) is 0 Å². The maximum absolute atomic E-state index is 12.7. The highest BCUT2D eigenvalue weighted by Gasteiger charge is 2.23. The number of carbonyl (C=O) groups excluding carboxylic acids is 1. The first kappa shape index (κ1) is 18.3. The highest BCUT2D eigenvalue weighted by Crippen LogP contribution is 2.31. The molecular formula is C20H21N3O2S2. The van der Waals surface area contributed by atoms with Crippen LogP contribution in [0.25, 0.3) is 21.3 Å². The van der Waals surface area contributed by atoms with Crippen molar-refractivity contribution in [1.29, 1.82) is 0 Å². The van der Waals surface area contributed by atoms with Gasteiger partial charge >= 0.3 is 0 Å². The first-order valence-corrected chi connectivity index (χ1v) is 11.0. The van der Waals surface area contributed by atoms with Crippen molar-refractivity contribution in [1.82, 2.24) is 14.9 Å². The molecule has 1 N–H and O–H groups in total. The molecule has 3 heterocycles. The van der Waals surface area contributed by atoms with Crippen molar-refractivity contribution in [2.45, 2.75) is 30.8 Å². The van der Waals surface area contributed by atoms with Crippen LogP contribution in [0, 0.1) is 0 Å².